The van der Waals surface area contributed by atoms with Gasteiger partial charge < -0.3 is 15.4 Å². The number of nitrogens with zero attached hydrogens (tertiary/aromatic N) is 3. The average Bonchev–Trinajstić information content (AvgIpc) is 2.61. The first-order valence-corrected chi connectivity index (χ1v) is 9.15. The lowest BCUT2D eigenvalue weighted by molar-refractivity contribution is 0.373. The van der Waals surface area contributed by atoms with Gasteiger partial charge in [0.15, 0.2) is 0 Å². The first-order valence-electron chi connectivity index (χ1n) is 8.40. The second kappa shape index (κ2) is 8.54. The maximum Gasteiger partial charge on any atom is 0.233 e. The number of anilines is 3. The van der Waals surface area contributed by atoms with E-state index in [0.717, 1.165) is 12.2 Å². The van der Waals surface area contributed by atoms with Gasteiger partial charge in [-0.1, -0.05) is 30.9 Å². The van der Waals surface area contributed by atoms with Gasteiger partial charge >= 0.3 is 0 Å². The van der Waals surface area contributed by atoms with E-state index in [0.29, 0.717) is 28.6 Å². The number of ether oxygens (including phenoxy) is 1. The van der Waals surface area contributed by atoms with Crippen molar-refractivity contribution in [1.82, 2.24) is 15.0 Å². The minimum absolute atomic E-state index is 0.142. The van der Waals surface area contributed by atoms with Crippen molar-refractivity contribution in [2.45, 2.75) is 32.1 Å². The van der Waals surface area contributed by atoms with Gasteiger partial charge in [-0.15, -0.1) is 0 Å². The molecule has 1 fully saturated rings. The zero-order valence-electron chi connectivity index (χ0n) is 14.1. The van der Waals surface area contributed by atoms with Crippen molar-refractivity contribution in [2.75, 3.05) is 24.3 Å². The molecule has 1 aromatic heterocycles. The highest BCUT2D eigenvalue weighted by Crippen LogP contribution is 2.28. The SMILES string of the molecule is COc1ccc(Nc2nc(Cl)nc(NCC3CCCCC3)n2)cc1Cl. The summed E-state index contributed by atoms with van der Waals surface area (Å²) in [6.07, 6.45) is 6.44. The number of hydrogen-bond acceptors (Lipinski definition) is 6. The van der Waals surface area contributed by atoms with E-state index in [-0.39, 0.29) is 5.28 Å². The Kier molecular flexibility index (Phi) is 6.15. The van der Waals surface area contributed by atoms with Gasteiger partial charge in [0.1, 0.15) is 5.75 Å². The molecule has 0 aliphatic heterocycles. The molecule has 0 saturated heterocycles. The third kappa shape index (κ3) is 5.09. The largest absolute Gasteiger partial charge is 0.495 e. The van der Waals surface area contributed by atoms with Crippen LogP contribution in [0.5, 0.6) is 5.75 Å². The number of halogens is 2. The Bertz CT molecular complexity index is 722. The van der Waals surface area contributed by atoms with Crippen molar-refractivity contribution >= 4 is 40.8 Å². The topological polar surface area (TPSA) is 72.0 Å². The molecule has 1 aliphatic carbocycles. The van der Waals surface area contributed by atoms with E-state index >= 15 is 0 Å². The predicted molar refractivity (Wildman–Crippen MR) is 101 cm³/mol. The molecule has 0 radical (unpaired) electrons. The van der Waals surface area contributed by atoms with Crippen LogP contribution in [-0.4, -0.2) is 28.6 Å². The molecule has 6 nitrogen and oxygen atoms in total. The minimum Gasteiger partial charge on any atom is -0.495 e. The van der Waals surface area contributed by atoms with Crippen molar-refractivity contribution in [3.05, 3.63) is 28.5 Å². The molecule has 2 N–H and O–H groups in total. The molecule has 1 saturated carbocycles. The summed E-state index contributed by atoms with van der Waals surface area (Å²) >= 11 is 12.2. The van der Waals surface area contributed by atoms with Gasteiger partial charge in [0.05, 0.1) is 12.1 Å². The molecule has 0 unspecified atom stereocenters. The van der Waals surface area contributed by atoms with Crippen LogP contribution in [0.2, 0.25) is 10.3 Å². The van der Waals surface area contributed by atoms with Gasteiger partial charge in [0.25, 0.3) is 0 Å². The molecule has 0 spiro atoms. The fourth-order valence-electron chi connectivity index (χ4n) is 2.99. The second-order valence-electron chi connectivity index (χ2n) is 6.11. The van der Waals surface area contributed by atoms with Gasteiger partial charge in [-0.2, -0.15) is 15.0 Å². The molecule has 0 amide bonds. The Labute approximate surface area is 157 Å². The third-order valence-electron chi connectivity index (χ3n) is 4.29. The summed E-state index contributed by atoms with van der Waals surface area (Å²) in [6.45, 7) is 0.855. The van der Waals surface area contributed by atoms with Crippen molar-refractivity contribution < 1.29 is 4.74 Å². The smallest absolute Gasteiger partial charge is 0.233 e. The van der Waals surface area contributed by atoms with E-state index in [9.17, 15) is 0 Å². The quantitative estimate of drug-likeness (QED) is 0.739. The second-order valence-corrected chi connectivity index (χ2v) is 6.86. The summed E-state index contributed by atoms with van der Waals surface area (Å²) in [4.78, 5) is 12.6. The lowest BCUT2D eigenvalue weighted by Gasteiger charge is -2.21. The molecular weight excluding hydrogens is 361 g/mol. The molecular formula is C17H21Cl2N5O. The Balaban J connectivity index is 1.67. The van der Waals surface area contributed by atoms with E-state index in [2.05, 4.69) is 25.6 Å². The number of aromatic nitrogens is 3. The predicted octanol–water partition coefficient (Wildman–Crippen LogP) is 4.92. The first kappa shape index (κ1) is 18.0. The lowest BCUT2D eigenvalue weighted by Crippen LogP contribution is -2.18. The molecule has 8 heteroatoms. The van der Waals surface area contributed by atoms with E-state index in [1.807, 2.05) is 6.07 Å². The van der Waals surface area contributed by atoms with Crippen LogP contribution in [0.1, 0.15) is 32.1 Å². The Morgan fingerprint density at radius 2 is 1.84 bits per heavy atom. The molecule has 134 valence electrons. The highest BCUT2D eigenvalue weighted by atomic mass is 35.5. The molecule has 1 aliphatic rings. The van der Waals surface area contributed by atoms with Gasteiger partial charge in [0, 0.05) is 12.2 Å². The van der Waals surface area contributed by atoms with Crippen molar-refractivity contribution in [3.63, 3.8) is 0 Å². The maximum absolute atomic E-state index is 6.14. The number of rotatable bonds is 6. The molecule has 3 rings (SSSR count). The standard InChI is InChI=1S/C17H21Cl2N5O/c1-25-14-8-7-12(9-13(14)18)21-17-23-15(19)22-16(24-17)20-10-11-5-3-2-4-6-11/h7-9,11H,2-6,10H2,1H3,(H2,20,21,22,23,24). The number of nitrogens with one attached hydrogen (secondary N) is 2. The molecule has 1 heterocycles. The summed E-state index contributed by atoms with van der Waals surface area (Å²) < 4.78 is 5.15. The zero-order valence-corrected chi connectivity index (χ0v) is 15.6. The molecule has 25 heavy (non-hydrogen) atoms. The number of hydrogen-bond donors (Lipinski definition) is 2. The molecule has 0 bridgehead atoms. The molecule has 2 aromatic rings. The number of benzene rings is 1. The summed E-state index contributed by atoms with van der Waals surface area (Å²) in [6, 6.07) is 5.35. The lowest BCUT2D eigenvalue weighted by atomic mass is 9.89. The van der Waals surface area contributed by atoms with Crippen LogP contribution in [0.25, 0.3) is 0 Å². The van der Waals surface area contributed by atoms with Gasteiger partial charge in [-0.3, -0.25) is 0 Å². The normalized spacial score (nSPS) is 15.0. The van der Waals surface area contributed by atoms with Crippen LogP contribution >= 0.6 is 23.2 Å². The fourth-order valence-corrected chi connectivity index (χ4v) is 3.40. The van der Waals surface area contributed by atoms with Crippen molar-refractivity contribution in [2.24, 2.45) is 5.92 Å². The van der Waals surface area contributed by atoms with E-state index < -0.39 is 0 Å². The molecule has 0 atom stereocenters. The molecule has 1 aromatic carbocycles. The summed E-state index contributed by atoms with van der Waals surface area (Å²) in [5, 5.41) is 7.01. The van der Waals surface area contributed by atoms with Crippen LogP contribution < -0.4 is 15.4 Å². The maximum atomic E-state index is 6.14. The summed E-state index contributed by atoms with van der Waals surface area (Å²) in [7, 11) is 1.57. The van der Waals surface area contributed by atoms with Crippen LogP contribution in [0.3, 0.4) is 0 Å². The van der Waals surface area contributed by atoms with Crippen LogP contribution in [0.4, 0.5) is 17.6 Å². The number of methoxy groups -OCH3 is 1. The van der Waals surface area contributed by atoms with E-state index in [4.69, 9.17) is 27.9 Å². The summed E-state index contributed by atoms with van der Waals surface area (Å²) in [5.74, 6) is 2.12. The van der Waals surface area contributed by atoms with E-state index in [1.165, 1.54) is 32.1 Å². The third-order valence-corrected chi connectivity index (χ3v) is 4.75. The van der Waals surface area contributed by atoms with Crippen molar-refractivity contribution in [3.8, 4) is 5.75 Å². The minimum atomic E-state index is 0.142. The Morgan fingerprint density at radius 1 is 1.08 bits per heavy atom. The van der Waals surface area contributed by atoms with Gasteiger partial charge in [-0.25, -0.2) is 0 Å². The Morgan fingerprint density at radius 3 is 2.56 bits per heavy atom. The van der Waals surface area contributed by atoms with Gasteiger partial charge in [-0.05, 0) is 48.6 Å². The van der Waals surface area contributed by atoms with Crippen LogP contribution in [-0.2, 0) is 0 Å². The monoisotopic (exact) mass is 381 g/mol. The average molecular weight is 382 g/mol. The first-order chi connectivity index (χ1) is 12.1. The Hall–Kier alpha value is -1.79. The van der Waals surface area contributed by atoms with Crippen LogP contribution in [0.15, 0.2) is 18.2 Å². The van der Waals surface area contributed by atoms with E-state index in [1.54, 1.807) is 19.2 Å². The highest BCUT2D eigenvalue weighted by Gasteiger charge is 2.14. The fraction of sp³-hybridized carbons (Fsp3) is 0.471. The summed E-state index contributed by atoms with van der Waals surface area (Å²) in [5.41, 5.74) is 0.742. The zero-order chi connectivity index (χ0) is 17.6. The highest BCUT2D eigenvalue weighted by molar-refractivity contribution is 6.32. The van der Waals surface area contributed by atoms with Crippen LogP contribution in [0, 0.1) is 5.92 Å². The van der Waals surface area contributed by atoms with Gasteiger partial charge in [0.2, 0.25) is 17.2 Å². The van der Waals surface area contributed by atoms with Crippen molar-refractivity contribution in [1.29, 1.82) is 0 Å².